The molecule has 0 radical (unpaired) electrons. The van der Waals surface area contributed by atoms with Crippen LogP contribution < -0.4 is 5.73 Å². The highest BCUT2D eigenvalue weighted by Crippen LogP contribution is 2.35. The van der Waals surface area contributed by atoms with Crippen molar-refractivity contribution >= 4 is 5.91 Å². The maximum atomic E-state index is 12.6. The van der Waals surface area contributed by atoms with Crippen LogP contribution in [-0.2, 0) is 4.79 Å². The Morgan fingerprint density at radius 3 is 2.70 bits per heavy atom. The molecule has 1 saturated heterocycles. The second-order valence-corrected chi connectivity index (χ2v) is 6.27. The SMILES string of the molecule is NC1(CC(=O)N2CCCC2c2ccncc2)CCCC1. The van der Waals surface area contributed by atoms with E-state index in [9.17, 15) is 4.79 Å². The van der Waals surface area contributed by atoms with Crippen molar-refractivity contribution in [3.63, 3.8) is 0 Å². The van der Waals surface area contributed by atoms with Crippen LogP contribution in [0.25, 0.3) is 0 Å². The molecule has 3 rings (SSSR count). The van der Waals surface area contributed by atoms with Crippen molar-refractivity contribution < 1.29 is 4.79 Å². The third-order valence-corrected chi connectivity index (χ3v) is 4.77. The minimum Gasteiger partial charge on any atom is -0.336 e. The first-order chi connectivity index (χ1) is 9.68. The third kappa shape index (κ3) is 2.70. The van der Waals surface area contributed by atoms with Gasteiger partial charge in [-0.2, -0.15) is 0 Å². The largest absolute Gasteiger partial charge is 0.336 e. The van der Waals surface area contributed by atoms with Crippen LogP contribution in [0, 0.1) is 0 Å². The van der Waals surface area contributed by atoms with E-state index in [0.717, 1.165) is 45.1 Å². The Morgan fingerprint density at radius 2 is 2.00 bits per heavy atom. The summed E-state index contributed by atoms with van der Waals surface area (Å²) < 4.78 is 0. The molecule has 0 aromatic carbocycles. The Balaban J connectivity index is 1.70. The molecule has 1 aromatic heterocycles. The normalized spacial score (nSPS) is 25.1. The van der Waals surface area contributed by atoms with Crippen LogP contribution in [0.2, 0.25) is 0 Å². The van der Waals surface area contributed by atoms with Gasteiger partial charge in [0.15, 0.2) is 0 Å². The van der Waals surface area contributed by atoms with Crippen molar-refractivity contribution in [2.75, 3.05) is 6.54 Å². The molecule has 1 saturated carbocycles. The summed E-state index contributed by atoms with van der Waals surface area (Å²) in [4.78, 5) is 18.7. The molecule has 1 aliphatic carbocycles. The molecule has 1 atom stereocenters. The molecular weight excluding hydrogens is 250 g/mol. The smallest absolute Gasteiger partial charge is 0.224 e. The molecule has 4 heteroatoms. The van der Waals surface area contributed by atoms with Gasteiger partial charge in [-0.25, -0.2) is 0 Å². The number of hydrogen-bond acceptors (Lipinski definition) is 3. The Hall–Kier alpha value is -1.42. The van der Waals surface area contributed by atoms with Crippen molar-refractivity contribution in [1.82, 2.24) is 9.88 Å². The van der Waals surface area contributed by atoms with Gasteiger partial charge in [0.1, 0.15) is 0 Å². The maximum Gasteiger partial charge on any atom is 0.224 e. The van der Waals surface area contributed by atoms with E-state index in [1.54, 1.807) is 12.4 Å². The predicted octanol–water partition coefficient (Wildman–Crippen LogP) is 2.41. The van der Waals surface area contributed by atoms with Crippen molar-refractivity contribution in [3.05, 3.63) is 30.1 Å². The van der Waals surface area contributed by atoms with Crippen LogP contribution >= 0.6 is 0 Å². The number of aromatic nitrogens is 1. The fourth-order valence-corrected chi connectivity index (χ4v) is 3.66. The van der Waals surface area contributed by atoms with Crippen molar-refractivity contribution in [2.45, 2.75) is 56.5 Å². The molecule has 1 unspecified atom stereocenters. The van der Waals surface area contributed by atoms with Crippen molar-refractivity contribution in [2.24, 2.45) is 5.73 Å². The van der Waals surface area contributed by atoms with E-state index >= 15 is 0 Å². The number of carbonyl (C=O) groups is 1. The first kappa shape index (κ1) is 13.6. The van der Waals surface area contributed by atoms with E-state index in [1.807, 2.05) is 17.0 Å². The first-order valence-corrected chi connectivity index (χ1v) is 7.66. The number of pyridine rings is 1. The van der Waals surface area contributed by atoms with Gasteiger partial charge in [-0.05, 0) is 43.4 Å². The third-order valence-electron chi connectivity index (χ3n) is 4.77. The van der Waals surface area contributed by atoms with Gasteiger partial charge >= 0.3 is 0 Å². The zero-order valence-electron chi connectivity index (χ0n) is 11.9. The summed E-state index contributed by atoms with van der Waals surface area (Å²) in [5, 5.41) is 0. The number of rotatable bonds is 3. The first-order valence-electron chi connectivity index (χ1n) is 7.66. The van der Waals surface area contributed by atoms with Crippen LogP contribution in [0.15, 0.2) is 24.5 Å². The lowest BCUT2D eigenvalue weighted by molar-refractivity contribution is -0.133. The topological polar surface area (TPSA) is 59.2 Å². The summed E-state index contributed by atoms with van der Waals surface area (Å²) in [6.45, 7) is 0.863. The van der Waals surface area contributed by atoms with Gasteiger partial charge in [-0.1, -0.05) is 12.8 Å². The maximum absolute atomic E-state index is 12.6. The standard InChI is InChI=1S/C16H23N3O/c17-16(7-1-2-8-16)12-15(20)19-11-3-4-14(19)13-5-9-18-10-6-13/h5-6,9-10,14H,1-4,7-8,11-12,17H2. The Morgan fingerprint density at radius 1 is 1.30 bits per heavy atom. The van der Waals surface area contributed by atoms with Gasteiger partial charge in [-0.3, -0.25) is 9.78 Å². The van der Waals surface area contributed by atoms with E-state index in [1.165, 1.54) is 5.56 Å². The Bertz CT molecular complexity index is 468. The Kier molecular flexibility index (Phi) is 3.74. The summed E-state index contributed by atoms with van der Waals surface area (Å²) in [6.07, 6.45) is 10.6. The zero-order chi connectivity index (χ0) is 14.0. The monoisotopic (exact) mass is 273 g/mol. The van der Waals surface area contributed by atoms with Crippen LogP contribution in [-0.4, -0.2) is 27.9 Å². The van der Waals surface area contributed by atoms with Gasteiger partial charge in [0, 0.05) is 30.9 Å². The van der Waals surface area contributed by atoms with Crippen LogP contribution in [0.3, 0.4) is 0 Å². The summed E-state index contributed by atoms with van der Waals surface area (Å²) in [6, 6.07) is 4.25. The summed E-state index contributed by atoms with van der Waals surface area (Å²) in [5.74, 6) is 0.230. The van der Waals surface area contributed by atoms with Crippen LogP contribution in [0.1, 0.15) is 56.6 Å². The minimum absolute atomic E-state index is 0.218. The highest BCUT2D eigenvalue weighted by molar-refractivity contribution is 5.78. The van der Waals surface area contributed by atoms with Crippen LogP contribution in [0.5, 0.6) is 0 Å². The average molecular weight is 273 g/mol. The molecule has 0 bridgehead atoms. The number of nitrogens with two attached hydrogens (primary N) is 1. The molecular formula is C16H23N3O. The van der Waals surface area contributed by atoms with Gasteiger partial charge in [0.05, 0.1) is 6.04 Å². The van der Waals surface area contributed by atoms with E-state index < -0.39 is 0 Å². The molecule has 4 nitrogen and oxygen atoms in total. The predicted molar refractivity (Wildman–Crippen MR) is 77.9 cm³/mol. The summed E-state index contributed by atoms with van der Waals surface area (Å²) in [7, 11) is 0. The molecule has 2 heterocycles. The van der Waals surface area contributed by atoms with Crippen molar-refractivity contribution in [1.29, 1.82) is 0 Å². The molecule has 1 aliphatic heterocycles. The zero-order valence-corrected chi connectivity index (χ0v) is 11.9. The van der Waals surface area contributed by atoms with E-state index in [4.69, 9.17) is 5.73 Å². The molecule has 2 N–H and O–H groups in total. The molecule has 1 amide bonds. The van der Waals surface area contributed by atoms with E-state index in [-0.39, 0.29) is 17.5 Å². The number of carbonyl (C=O) groups excluding carboxylic acids is 1. The van der Waals surface area contributed by atoms with Gasteiger partial charge in [0.25, 0.3) is 0 Å². The lowest BCUT2D eigenvalue weighted by Crippen LogP contribution is -2.43. The van der Waals surface area contributed by atoms with Gasteiger partial charge < -0.3 is 10.6 Å². The Labute approximate surface area is 120 Å². The fraction of sp³-hybridized carbons (Fsp3) is 0.625. The average Bonchev–Trinajstić information content (AvgIpc) is 3.08. The fourth-order valence-electron chi connectivity index (χ4n) is 3.66. The second-order valence-electron chi connectivity index (χ2n) is 6.27. The quantitative estimate of drug-likeness (QED) is 0.920. The summed E-state index contributed by atoms with van der Waals surface area (Å²) >= 11 is 0. The van der Waals surface area contributed by atoms with E-state index in [2.05, 4.69) is 4.98 Å². The van der Waals surface area contributed by atoms with Crippen LogP contribution in [0.4, 0.5) is 0 Å². The van der Waals surface area contributed by atoms with E-state index in [0.29, 0.717) is 6.42 Å². The number of likely N-dealkylation sites (tertiary alicyclic amines) is 1. The molecule has 1 aromatic rings. The molecule has 0 spiro atoms. The highest BCUT2D eigenvalue weighted by atomic mass is 16.2. The molecule has 2 aliphatic rings. The lowest BCUT2D eigenvalue weighted by atomic mass is 9.93. The highest BCUT2D eigenvalue weighted by Gasteiger charge is 2.36. The van der Waals surface area contributed by atoms with Gasteiger partial charge in [-0.15, -0.1) is 0 Å². The minimum atomic E-state index is -0.248. The summed E-state index contributed by atoms with van der Waals surface area (Å²) in [5.41, 5.74) is 7.30. The number of nitrogens with zero attached hydrogens (tertiary/aromatic N) is 2. The lowest BCUT2D eigenvalue weighted by Gasteiger charge is -2.30. The molecule has 2 fully saturated rings. The molecule has 108 valence electrons. The second kappa shape index (κ2) is 5.52. The van der Waals surface area contributed by atoms with Crippen molar-refractivity contribution in [3.8, 4) is 0 Å². The van der Waals surface area contributed by atoms with Gasteiger partial charge in [0.2, 0.25) is 5.91 Å². The number of hydrogen-bond donors (Lipinski definition) is 1. The number of amides is 1. The molecule has 20 heavy (non-hydrogen) atoms.